The molecular formula is C17H22N2O4. The van der Waals surface area contributed by atoms with Gasteiger partial charge in [-0.15, -0.1) is 0 Å². The number of carbonyl (C=O) groups excluding carboxylic acids is 1. The lowest BCUT2D eigenvalue weighted by molar-refractivity contribution is -0.147. The normalized spacial score (nSPS) is 23.9. The van der Waals surface area contributed by atoms with Crippen LogP contribution in [0.15, 0.2) is 30.3 Å². The Morgan fingerprint density at radius 2 is 2.04 bits per heavy atom. The van der Waals surface area contributed by atoms with Gasteiger partial charge >= 0.3 is 6.09 Å². The van der Waals surface area contributed by atoms with Crippen LogP contribution in [0.1, 0.15) is 24.8 Å². The largest absolute Gasteiger partial charge is 0.465 e. The van der Waals surface area contributed by atoms with E-state index in [1.54, 1.807) is 4.90 Å². The summed E-state index contributed by atoms with van der Waals surface area (Å²) in [4.78, 5) is 27.0. The van der Waals surface area contributed by atoms with Gasteiger partial charge in [0.25, 0.3) is 0 Å². The number of nitrogens with zero attached hydrogens (tertiary/aromatic N) is 2. The monoisotopic (exact) mass is 318 g/mol. The van der Waals surface area contributed by atoms with Gasteiger partial charge in [-0.05, 0) is 24.8 Å². The van der Waals surface area contributed by atoms with E-state index in [2.05, 4.69) is 0 Å². The summed E-state index contributed by atoms with van der Waals surface area (Å²) >= 11 is 0. The number of benzene rings is 1. The number of hydrogen-bond acceptors (Lipinski definition) is 3. The Kier molecular flexibility index (Phi) is 4.81. The topological polar surface area (TPSA) is 70.1 Å². The number of hydrogen-bond donors (Lipinski definition) is 1. The van der Waals surface area contributed by atoms with Gasteiger partial charge in [-0.1, -0.05) is 30.3 Å². The predicted molar refractivity (Wildman–Crippen MR) is 84.0 cm³/mol. The van der Waals surface area contributed by atoms with E-state index >= 15 is 0 Å². The zero-order valence-electron chi connectivity index (χ0n) is 13.1. The maximum absolute atomic E-state index is 12.5. The van der Waals surface area contributed by atoms with Crippen molar-refractivity contribution in [2.24, 2.45) is 0 Å². The average Bonchev–Trinajstić information content (AvgIpc) is 2.56. The fraction of sp³-hybridized carbons (Fsp3) is 0.529. The first-order valence-electron chi connectivity index (χ1n) is 8.08. The summed E-state index contributed by atoms with van der Waals surface area (Å²) in [6.45, 7) is 1.99. The molecule has 124 valence electrons. The van der Waals surface area contributed by atoms with Gasteiger partial charge in [0.2, 0.25) is 5.91 Å². The minimum Gasteiger partial charge on any atom is -0.465 e. The van der Waals surface area contributed by atoms with E-state index in [9.17, 15) is 14.7 Å². The Morgan fingerprint density at radius 3 is 2.78 bits per heavy atom. The van der Waals surface area contributed by atoms with Gasteiger partial charge in [0.15, 0.2) is 0 Å². The van der Waals surface area contributed by atoms with Crippen LogP contribution in [0, 0.1) is 0 Å². The molecule has 23 heavy (non-hydrogen) atoms. The molecule has 2 amide bonds. The summed E-state index contributed by atoms with van der Waals surface area (Å²) in [5, 5.41) is 9.32. The molecule has 2 aliphatic rings. The van der Waals surface area contributed by atoms with Crippen LogP contribution in [-0.4, -0.2) is 58.7 Å². The summed E-state index contributed by atoms with van der Waals surface area (Å²) in [7, 11) is 0. The lowest BCUT2D eigenvalue weighted by atomic mass is 9.91. The van der Waals surface area contributed by atoms with Gasteiger partial charge in [-0.2, -0.15) is 0 Å². The molecule has 6 nitrogen and oxygen atoms in total. The van der Waals surface area contributed by atoms with E-state index in [0.29, 0.717) is 32.7 Å². The maximum atomic E-state index is 12.5. The van der Waals surface area contributed by atoms with Crippen LogP contribution in [0.5, 0.6) is 0 Å². The third-order valence-electron chi connectivity index (χ3n) is 4.61. The molecule has 0 saturated carbocycles. The van der Waals surface area contributed by atoms with Crippen molar-refractivity contribution in [2.75, 3.05) is 19.7 Å². The van der Waals surface area contributed by atoms with Crippen molar-refractivity contribution in [3.8, 4) is 0 Å². The van der Waals surface area contributed by atoms with E-state index < -0.39 is 12.1 Å². The molecule has 2 unspecified atom stereocenters. The van der Waals surface area contributed by atoms with Gasteiger partial charge in [0.1, 0.15) is 6.04 Å². The first kappa shape index (κ1) is 15.8. The lowest BCUT2D eigenvalue weighted by Crippen LogP contribution is -2.65. The summed E-state index contributed by atoms with van der Waals surface area (Å²) in [5.74, 6) is -0.0772. The van der Waals surface area contributed by atoms with Gasteiger partial charge in [0.05, 0.1) is 19.3 Å². The molecule has 2 heterocycles. The van der Waals surface area contributed by atoms with Crippen molar-refractivity contribution >= 4 is 12.0 Å². The Bertz CT molecular complexity index is 563. The zero-order chi connectivity index (χ0) is 16.2. The van der Waals surface area contributed by atoms with Crippen LogP contribution in [-0.2, 0) is 16.1 Å². The van der Waals surface area contributed by atoms with Crippen LogP contribution in [0.4, 0.5) is 4.79 Å². The Balaban J connectivity index is 1.51. The number of amides is 2. The Labute approximate surface area is 135 Å². The molecule has 1 aromatic rings. The molecule has 2 bridgehead atoms. The van der Waals surface area contributed by atoms with Crippen LogP contribution >= 0.6 is 0 Å². The van der Waals surface area contributed by atoms with Gasteiger partial charge in [0, 0.05) is 13.1 Å². The summed E-state index contributed by atoms with van der Waals surface area (Å²) in [5.41, 5.74) is 1.10. The highest BCUT2D eigenvalue weighted by Gasteiger charge is 2.45. The fourth-order valence-corrected chi connectivity index (χ4v) is 3.49. The highest BCUT2D eigenvalue weighted by Crippen LogP contribution is 2.29. The quantitative estimate of drug-likeness (QED) is 0.843. The molecule has 6 heteroatoms. The van der Waals surface area contributed by atoms with Gasteiger partial charge in [-0.25, -0.2) is 4.79 Å². The number of fused-ring (bicyclic) bond motifs is 2. The van der Waals surface area contributed by atoms with E-state index in [0.717, 1.165) is 18.4 Å². The van der Waals surface area contributed by atoms with Gasteiger partial charge in [-0.3, -0.25) is 9.69 Å². The third kappa shape index (κ3) is 3.47. The molecule has 2 fully saturated rings. The molecule has 0 aromatic heterocycles. The van der Waals surface area contributed by atoms with Gasteiger partial charge < -0.3 is 14.7 Å². The first-order valence-corrected chi connectivity index (χ1v) is 8.08. The molecule has 1 N–H and O–H groups in total. The minimum absolute atomic E-state index is 0.0712. The summed E-state index contributed by atoms with van der Waals surface area (Å²) in [6.07, 6.45) is 1.40. The molecule has 1 aromatic carbocycles. The zero-order valence-corrected chi connectivity index (χ0v) is 13.1. The summed E-state index contributed by atoms with van der Waals surface area (Å²) in [6, 6.07) is 9.32. The van der Waals surface area contributed by atoms with Crippen LogP contribution in [0.2, 0.25) is 0 Å². The first-order chi connectivity index (χ1) is 11.2. The number of piperidine rings is 1. The molecule has 2 aliphatic heterocycles. The lowest BCUT2D eigenvalue weighted by Gasteiger charge is -2.47. The number of piperazine rings is 1. The number of ether oxygens (including phenoxy) is 1. The molecular weight excluding hydrogens is 296 g/mol. The standard InChI is InChI=1S/C17H22N2O4/c20-16-15-8-4-7-14(19(15)17(21)22)11-18(16)9-10-23-12-13-5-2-1-3-6-13/h1-3,5-6,14-15H,4,7-12H2,(H,21,22). The number of rotatable bonds is 5. The van der Waals surface area contributed by atoms with Crippen molar-refractivity contribution in [2.45, 2.75) is 38.0 Å². The predicted octanol–water partition coefficient (Wildman–Crippen LogP) is 1.95. The second kappa shape index (κ2) is 7.00. The van der Waals surface area contributed by atoms with Crippen molar-refractivity contribution in [1.29, 1.82) is 0 Å². The second-order valence-electron chi connectivity index (χ2n) is 6.11. The molecule has 3 rings (SSSR count). The molecule has 0 spiro atoms. The van der Waals surface area contributed by atoms with Crippen LogP contribution in [0.25, 0.3) is 0 Å². The van der Waals surface area contributed by atoms with Crippen molar-refractivity contribution in [3.63, 3.8) is 0 Å². The average molecular weight is 318 g/mol. The van der Waals surface area contributed by atoms with Crippen molar-refractivity contribution in [1.82, 2.24) is 9.80 Å². The van der Waals surface area contributed by atoms with Crippen molar-refractivity contribution < 1.29 is 19.4 Å². The Morgan fingerprint density at radius 1 is 1.26 bits per heavy atom. The number of carbonyl (C=O) groups is 2. The van der Waals surface area contributed by atoms with Crippen molar-refractivity contribution in [3.05, 3.63) is 35.9 Å². The minimum atomic E-state index is -0.979. The smallest absolute Gasteiger partial charge is 0.408 e. The molecule has 2 atom stereocenters. The highest BCUT2D eigenvalue weighted by atomic mass is 16.5. The fourth-order valence-electron chi connectivity index (χ4n) is 3.49. The van der Waals surface area contributed by atoms with E-state index in [1.807, 2.05) is 30.3 Å². The Hall–Kier alpha value is -2.08. The SMILES string of the molecule is O=C1C2CCCC(CN1CCOCc1ccccc1)N2C(=O)O. The highest BCUT2D eigenvalue weighted by molar-refractivity contribution is 5.87. The maximum Gasteiger partial charge on any atom is 0.408 e. The molecule has 2 saturated heterocycles. The van der Waals surface area contributed by atoms with Crippen LogP contribution in [0.3, 0.4) is 0 Å². The summed E-state index contributed by atoms with van der Waals surface area (Å²) < 4.78 is 5.64. The third-order valence-corrected chi connectivity index (χ3v) is 4.61. The van der Waals surface area contributed by atoms with E-state index in [-0.39, 0.29) is 11.9 Å². The van der Waals surface area contributed by atoms with E-state index in [4.69, 9.17) is 4.74 Å². The number of likely N-dealkylation sites (tertiary alicyclic amines) is 1. The van der Waals surface area contributed by atoms with Crippen LogP contribution < -0.4 is 0 Å². The molecule has 0 radical (unpaired) electrons. The molecule has 0 aliphatic carbocycles. The number of carboxylic acid groups (broad SMARTS) is 1. The van der Waals surface area contributed by atoms with E-state index in [1.165, 1.54) is 4.90 Å². The second-order valence-corrected chi connectivity index (χ2v) is 6.11.